The number of ether oxygens (including phenoxy) is 1. The van der Waals surface area contributed by atoms with Crippen molar-refractivity contribution in [2.24, 2.45) is 0 Å². The number of hydrogen-bond donors (Lipinski definition) is 1. The van der Waals surface area contributed by atoms with Crippen molar-refractivity contribution in [3.8, 4) is 17.1 Å². The molecule has 0 aliphatic carbocycles. The van der Waals surface area contributed by atoms with E-state index in [1.54, 1.807) is 18.9 Å². The fraction of sp³-hybridized carbons (Fsp3) is 0.188. The molecule has 0 unspecified atom stereocenters. The first-order valence-corrected chi connectivity index (χ1v) is 7.94. The normalized spacial score (nSPS) is 11.9. The second-order valence-corrected chi connectivity index (χ2v) is 5.76. The summed E-state index contributed by atoms with van der Waals surface area (Å²) >= 11 is 1.58. The fourth-order valence-electron chi connectivity index (χ4n) is 2.31. The summed E-state index contributed by atoms with van der Waals surface area (Å²) in [5.74, 6) is 1.09. The van der Waals surface area contributed by atoms with Crippen LogP contribution in [0.3, 0.4) is 0 Å². The van der Waals surface area contributed by atoms with Crippen LogP contribution in [0.5, 0.6) is 5.75 Å². The number of benzene rings is 2. The maximum absolute atomic E-state index is 12.8. The number of alkyl halides is 3. The van der Waals surface area contributed by atoms with E-state index in [4.69, 9.17) is 4.74 Å². The van der Waals surface area contributed by atoms with E-state index in [2.05, 4.69) is 9.97 Å². The zero-order valence-electron chi connectivity index (χ0n) is 12.4. The Bertz CT molecular complexity index is 858. The van der Waals surface area contributed by atoms with Crippen molar-refractivity contribution in [2.45, 2.75) is 11.1 Å². The molecular formula is C16H13F3N2OS. The number of hydrogen-bond acceptors (Lipinski definition) is 3. The lowest BCUT2D eigenvalue weighted by Crippen LogP contribution is -2.04. The SMILES string of the molecule is COc1cc(SC)ccc1-c1nc2ccc(C(F)(F)F)cc2[nH]1. The molecule has 1 N–H and O–H groups in total. The van der Waals surface area contributed by atoms with Gasteiger partial charge in [-0.2, -0.15) is 13.2 Å². The molecule has 1 aromatic heterocycles. The topological polar surface area (TPSA) is 37.9 Å². The van der Waals surface area contributed by atoms with Crippen molar-refractivity contribution in [2.75, 3.05) is 13.4 Å². The number of nitrogens with one attached hydrogen (secondary N) is 1. The number of aromatic amines is 1. The highest BCUT2D eigenvalue weighted by Crippen LogP contribution is 2.34. The van der Waals surface area contributed by atoms with Crippen molar-refractivity contribution in [3.05, 3.63) is 42.0 Å². The van der Waals surface area contributed by atoms with Gasteiger partial charge in [-0.3, -0.25) is 0 Å². The lowest BCUT2D eigenvalue weighted by molar-refractivity contribution is -0.137. The van der Waals surface area contributed by atoms with Gasteiger partial charge in [0, 0.05) is 4.90 Å². The van der Waals surface area contributed by atoms with Gasteiger partial charge in [0.25, 0.3) is 0 Å². The Kier molecular flexibility index (Phi) is 3.97. The van der Waals surface area contributed by atoms with Gasteiger partial charge in [0.05, 0.1) is 29.3 Å². The van der Waals surface area contributed by atoms with Gasteiger partial charge in [0.1, 0.15) is 11.6 Å². The Morgan fingerprint density at radius 2 is 1.91 bits per heavy atom. The molecule has 0 amide bonds. The van der Waals surface area contributed by atoms with Crippen LogP contribution in [-0.4, -0.2) is 23.3 Å². The number of methoxy groups -OCH3 is 1. The molecule has 7 heteroatoms. The first kappa shape index (κ1) is 15.7. The fourth-order valence-corrected chi connectivity index (χ4v) is 2.74. The van der Waals surface area contributed by atoms with Crippen LogP contribution < -0.4 is 4.74 Å². The maximum Gasteiger partial charge on any atom is 0.416 e. The zero-order valence-corrected chi connectivity index (χ0v) is 13.2. The van der Waals surface area contributed by atoms with Gasteiger partial charge in [0.15, 0.2) is 0 Å². The predicted octanol–water partition coefficient (Wildman–Crippen LogP) is 4.98. The van der Waals surface area contributed by atoms with Crippen LogP contribution >= 0.6 is 11.8 Å². The lowest BCUT2D eigenvalue weighted by Gasteiger charge is -2.07. The molecule has 0 fully saturated rings. The van der Waals surface area contributed by atoms with Crippen LogP contribution in [0.25, 0.3) is 22.4 Å². The highest BCUT2D eigenvalue weighted by atomic mass is 32.2. The average molecular weight is 338 g/mol. The second-order valence-electron chi connectivity index (χ2n) is 4.88. The Labute approximate surface area is 134 Å². The third-order valence-corrected chi connectivity index (χ3v) is 4.20. The van der Waals surface area contributed by atoms with Crippen molar-refractivity contribution < 1.29 is 17.9 Å². The molecule has 120 valence electrons. The zero-order chi connectivity index (χ0) is 16.6. The van der Waals surface area contributed by atoms with Crippen molar-refractivity contribution in [1.29, 1.82) is 0 Å². The molecule has 0 spiro atoms. The number of imidazole rings is 1. The van der Waals surface area contributed by atoms with Crippen molar-refractivity contribution in [1.82, 2.24) is 9.97 Å². The average Bonchev–Trinajstić information content (AvgIpc) is 2.96. The predicted molar refractivity (Wildman–Crippen MR) is 84.9 cm³/mol. The molecule has 2 aromatic carbocycles. The highest BCUT2D eigenvalue weighted by Gasteiger charge is 2.30. The molecule has 0 saturated carbocycles. The van der Waals surface area contributed by atoms with Gasteiger partial charge in [-0.15, -0.1) is 11.8 Å². The standard InChI is InChI=1S/C16H13F3N2OS/c1-22-14-8-10(23-2)4-5-11(14)15-20-12-6-3-9(16(17,18)19)7-13(12)21-15/h3-8H,1-2H3,(H,20,21). The van der Waals surface area contributed by atoms with Gasteiger partial charge in [-0.25, -0.2) is 4.98 Å². The van der Waals surface area contributed by atoms with Crippen molar-refractivity contribution in [3.63, 3.8) is 0 Å². The Balaban J connectivity index is 2.10. The smallest absolute Gasteiger partial charge is 0.416 e. The monoisotopic (exact) mass is 338 g/mol. The van der Waals surface area contributed by atoms with Gasteiger partial charge in [-0.1, -0.05) is 0 Å². The molecule has 3 rings (SSSR count). The summed E-state index contributed by atoms with van der Waals surface area (Å²) in [5.41, 5.74) is 0.815. The van der Waals surface area contributed by atoms with E-state index >= 15 is 0 Å². The summed E-state index contributed by atoms with van der Waals surface area (Å²) in [6.45, 7) is 0. The Hall–Kier alpha value is -2.15. The summed E-state index contributed by atoms with van der Waals surface area (Å²) in [4.78, 5) is 8.33. The Morgan fingerprint density at radius 1 is 1.13 bits per heavy atom. The van der Waals surface area contributed by atoms with Crippen LogP contribution in [0.15, 0.2) is 41.3 Å². The first-order chi connectivity index (χ1) is 10.9. The summed E-state index contributed by atoms with van der Waals surface area (Å²) in [6, 6.07) is 9.08. The van der Waals surface area contributed by atoms with Crippen LogP contribution in [-0.2, 0) is 6.18 Å². The van der Waals surface area contributed by atoms with Crippen LogP contribution in [0.2, 0.25) is 0 Å². The number of nitrogens with zero attached hydrogens (tertiary/aromatic N) is 1. The molecule has 0 atom stereocenters. The number of thioether (sulfide) groups is 1. The van der Waals surface area contributed by atoms with Gasteiger partial charge < -0.3 is 9.72 Å². The molecule has 0 bridgehead atoms. The third-order valence-electron chi connectivity index (χ3n) is 3.47. The third kappa shape index (κ3) is 3.01. The van der Waals surface area contributed by atoms with E-state index < -0.39 is 11.7 Å². The maximum atomic E-state index is 12.8. The largest absolute Gasteiger partial charge is 0.496 e. The van der Waals surface area contributed by atoms with E-state index in [-0.39, 0.29) is 0 Å². The quantitative estimate of drug-likeness (QED) is 0.685. The summed E-state index contributed by atoms with van der Waals surface area (Å²) in [6.07, 6.45) is -2.43. The number of rotatable bonds is 3. The molecule has 23 heavy (non-hydrogen) atoms. The number of halogens is 3. The molecule has 3 nitrogen and oxygen atoms in total. The van der Waals surface area contributed by atoms with Crippen LogP contribution in [0.1, 0.15) is 5.56 Å². The van der Waals surface area contributed by atoms with Crippen LogP contribution in [0.4, 0.5) is 13.2 Å². The van der Waals surface area contributed by atoms with Gasteiger partial charge in [0.2, 0.25) is 0 Å². The highest BCUT2D eigenvalue weighted by molar-refractivity contribution is 7.98. The van der Waals surface area contributed by atoms with E-state index in [1.165, 1.54) is 6.07 Å². The summed E-state index contributed by atoms with van der Waals surface area (Å²) < 4.78 is 43.7. The second kappa shape index (κ2) is 5.81. The first-order valence-electron chi connectivity index (χ1n) is 6.71. The number of fused-ring (bicyclic) bond motifs is 1. The molecule has 1 heterocycles. The van der Waals surface area contributed by atoms with Gasteiger partial charge in [-0.05, 0) is 42.7 Å². The molecule has 0 aliphatic heterocycles. The van der Waals surface area contributed by atoms with E-state index in [0.29, 0.717) is 28.2 Å². The molecule has 0 aliphatic rings. The summed E-state index contributed by atoms with van der Waals surface area (Å²) in [5, 5.41) is 0. The molecule has 3 aromatic rings. The lowest BCUT2D eigenvalue weighted by atomic mass is 10.2. The summed E-state index contributed by atoms with van der Waals surface area (Å²) in [7, 11) is 1.55. The minimum atomic E-state index is -4.38. The van der Waals surface area contributed by atoms with Crippen molar-refractivity contribution >= 4 is 22.8 Å². The molecule has 0 saturated heterocycles. The number of H-pyrrole nitrogens is 1. The minimum Gasteiger partial charge on any atom is -0.496 e. The van der Waals surface area contributed by atoms with Crippen LogP contribution in [0, 0.1) is 0 Å². The van der Waals surface area contributed by atoms with E-state index in [0.717, 1.165) is 17.0 Å². The minimum absolute atomic E-state index is 0.339. The van der Waals surface area contributed by atoms with Gasteiger partial charge >= 0.3 is 6.18 Å². The molecule has 0 radical (unpaired) electrons. The number of aromatic nitrogens is 2. The molecular weight excluding hydrogens is 325 g/mol. The van der Waals surface area contributed by atoms with E-state index in [1.807, 2.05) is 24.5 Å². The Morgan fingerprint density at radius 3 is 2.57 bits per heavy atom. The van der Waals surface area contributed by atoms with E-state index in [9.17, 15) is 13.2 Å².